The molecule has 1 aliphatic rings. The van der Waals surface area contributed by atoms with E-state index in [1.807, 2.05) is 37.3 Å². The first-order valence-corrected chi connectivity index (χ1v) is 9.63. The van der Waals surface area contributed by atoms with Crippen LogP contribution in [-0.4, -0.2) is 11.8 Å². The number of hydrazine groups is 1. The van der Waals surface area contributed by atoms with Crippen molar-refractivity contribution >= 4 is 23.2 Å². The van der Waals surface area contributed by atoms with Gasteiger partial charge in [0.15, 0.2) is 0 Å². The second kappa shape index (κ2) is 7.83. The maximum Gasteiger partial charge on any atom is 0.279 e. The van der Waals surface area contributed by atoms with Gasteiger partial charge in [0.05, 0.1) is 11.3 Å². The Labute approximate surface area is 152 Å². The predicted octanol–water partition coefficient (Wildman–Crippen LogP) is 3.58. The van der Waals surface area contributed by atoms with Crippen molar-refractivity contribution in [1.29, 1.82) is 0 Å². The van der Waals surface area contributed by atoms with Gasteiger partial charge in [-0.3, -0.25) is 20.4 Å². The Kier molecular flexibility index (Phi) is 5.53. The van der Waals surface area contributed by atoms with Crippen molar-refractivity contribution in [2.24, 2.45) is 5.92 Å². The van der Waals surface area contributed by atoms with Gasteiger partial charge in [0, 0.05) is 4.88 Å². The van der Waals surface area contributed by atoms with Gasteiger partial charge in [0.2, 0.25) is 5.91 Å². The zero-order chi connectivity index (χ0) is 17.8. The molecule has 0 aliphatic heterocycles. The summed E-state index contributed by atoms with van der Waals surface area (Å²) in [7, 11) is 0. The third-order valence-corrected chi connectivity index (χ3v) is 6.15. The third kappa shape index (κ3) is 4.28. The first kappa shape index (κ1) is 17.7. The van der Waals surface area contributed by atoms with E-state index in [1.54, 1.807) is 11.3 Å². The van der Waals surface area contributed by atoms with Gasteiger partial charge >= 0.3 is 0 Å². The van der Waals surface area contributed by atoms with E-state index in [0.29, 0.717) is 4.88 Å². The molecule has 1 aromatic carbocycles. The molecule has 132 valence electrons. The zero-order valence-electron chi connectivity index (χ0n) is 14.7. The van der Waals surface area contributed by atoms with E-state index in [-0.39, 0.29) is 18.2 Å². The highest BCUT2D eigenvalue weighted by atomic mass is 32.1. The van der Waals surface area contributed by atoms with Gasteiger partial charge in [-0.15, -0.1) is 11.3 Å². The molecule has 1 aliphatic carbocycles. The van der Waals surface area contributed by atoms with Gasteiger partial charge in [-0.25, -0.2) is 0 Å². The average Bonchev–Trinajstić information content (AvgIpc) is 3.04. The van der Waals surface area contributed by atoms with Crippen LogP contribution in [0, 0.1) is 12.8 Å². The first-order valence-electron chi connectivity index (χ1n) is 8.82. The highest BCUT2D eigenvalue weighted by Crippen LogP contribution is 2.33. The quantitative estimate of drug-likeness (QED) is 0.823. The lowest BCUT2D eigenvalue weighted by atomic mass is 9.87. The number of hydrogen-bond acceptors (Lipinski definition) is 3. The second-order valence-electron chi connectivity index (χ2n) is 6.68. The van der Waals surface area contributed by atoms with E-state index in [2.05, 4.69) is 17.8 Å². The maximum atomic E-state index is 12.3. The molecular weight excluding hydrogens is 332 g/mol. The molecule has 2 aromatic rings. The second-order valence-corrected chi connectivity index (χ2v) is 7.82. The smallest absolute Gasteiger partial charge is 0.273 e. The molecule has 0 fully saturated rings. The molecule has 4 nitrogen and oxygen atoms in total. The first-order chi connectivity index (χ1) is 12.1. The number of benzene rings is 1. The third-order valence-electron chi connectivity index (χ3n) is 4.91. The van der Waals surface area contributed by atoms with E-state index in [4.69, 9.17) is 0 Å². The largest absolute Gasteiger partial charge is 0.279 e. The van der Waals surface area contributed by atoms with E-state index in [1.165, 1.54) is 23.3 Å². The van der Waals surface area contributed by atoms with E-state index < -0.39 is 0 Å². The van der Waals surface area contributed by atoms with Gasteiger partial charge in [-0.2, -0.15) is 0 Å². The Morgan fingerprint density at radius 3 is 2.80 bits per heavy atom. The van der Waals surface area contributed by atoms with E-state index in [0.717, 1.165) is 29.9 Å². The summed E-state index contributed by atoms with van der Waals surface area (Å²) in [5.74, 6) is 0.285. The van der Waals surface area contributed by atoms with Crippen molar-refractivity contribution in [3.05, 3.63) is 56.8 Å². The lowest BCUT2D eigenvalue weighted by Crippen LogP contribution is -2.42. The van der Waals surface area contributed by atoms with Crippen molar-refractivity contribution in [2.45, 2.75) is 46.0 Å². The van der Waals surface area contributed by atoms with Crippen LogP contribution >= 0.6 is 11.3 Å². The van der Waals surface area contributed by atoms with Crippen LogP contribution in [-0.2, 0) is 24.1 Å². The molecule has 0 saturated carbocycles. The molecule has 0 radical (unpaired) electrons. The van der Waals surface area contributed by atoms with Crippen LogP contribution in [0.3, 0.4) is 0 Å². The molecule has 0 spiro atoms. The number of thiophene rings is 1. The molecule has 0 unspecified atom stereocenters. The Morgan fingerprint density at radius 1 is 1.24 bits per heavy atom. The minimum Gasteiger partial charge on any atom is -0.273 e. The standard InChI is InChI=1S/C20H24N2O2S/c1-3-14-8-9-17-16(10-14)11-18(25-17)20(24)22-21-19(23)12-15-7-5-4-6-13(15)2/h4-7,11,14H,3,8-10,12H2,1-2H3,(H,21,23)(H,22,24)/t14-/m1/s1. The number of fused-ring (bicyclic) bond motifs is 1. The summed E-state index contributed by atoms with van der Waals surface area (Å²) in [5, 5.41) is 0. The maximum absolute atomic E-state index is 12.3. The lowest BCUT2D eigenvalue weighted by molar-refractivity contribution is -0.121. The molecule has 1 aromatic heterocycles. The van der Waals surface area contributed by atoms with Crippen molar-refractivity contribution in [3.63, 3.8) is 0 Å². The molecule has 25 heavy (non-hydrogen) atoms. The molecule has 2 N–H and O–H groups in total. The number of aryl methyl sites for hydroxylation is 2. The summed E-state index contributed by atoms with van der Waals surface area (Å²) in [6.07, 6.45) is 4.77. The highest BCUT2D eigenvalue weighted by Gasteiger charge is 2.22. The summed E-state index contributed by atoms with van der Waals surface area (Å²) < 4.78 is 0. The monoisotopic (exact) mass is 356 g/mol. The molecule has 0 saturated heterocycles. The number of carbonyl (C=O) groups is 2. The van der Waals surface area contributed by atoms with Gasteiger partial charge in [0.1, 0.15) is 0 Å². The summed E-state index contributed by atoms with van der Waals surface area (Å²) in [6.45, 7) is 4.19. The lowest BCUT2D eigenvalue weighted by Gasteiger charge is -2.19. The number of hydrogen-bond donors (Lipinski definition) is 2. The van der Waals surface area contributed by atoms with E-state index >= 15 is 0 Å². The minimum atomic E-state index is -0.231. The van der Waals surface area contributed by atoms with Crippen molar-refractivity contribution in [3.8, 4) is 0 Å². The molecule has 0 bridgehead atoms. The molecule has 5 heteroatoms. The number of nitrogens with one attached hydrogen (secondary N) is 2. The Hall–Kier alpha value is -2.14. The Morgan fingerprint density at radius 2 is 2.04 bits per heavy atom. The summed E-state index contributed by atoms with van der Waals surface area (Å²) >= 11 is 1.55. The van der Waals surface area contributed by atoms with Crippen LogP contribution in [0.2, 0.25) is 0 Å². The van der Waals surface area contributed by atoms with Gasteiger partial charge in [0.25, 0.3) is 5.91 Å². The molecular formula is C20H24N2O2S. The highest BCUT2D eigenvalue weighted by molar-refractivity contribution is 7.14. The van der Waals surface area contributed by atoms with Crippen LogP contribution in [0.25, 0.3) is 0 Å². The van der Waals surface area contributed by atoms with Gasteiger partial charge in [-0.05, 0) is 54.9 Å². The minimum absolute atomic E-state index is 0.213. The van der Waals surface area contributed by atoms with Crippen molar-refractivity contribution in [2.75, 3.05) is 0 Å². The topological polar surface area (TPSA) is 58.2 Å². The summed E-state index contributed by atoms with van der Waals surface area (Å²) in [5.41, 5.74) is 8.41. The van der Waals surface area contributed by atoms with Crippen LogP contribution < -0.4 is 10.9 Å². The molecule has 1 heterocycles. The average molecular weight is 356 g/mol. The fourth-order valence-electron chi connectivity index (χ4n) is 3.27. The normalized spacial score (nSPS) is 16.2. The number of carbonyl (C=O) groups excluding carboxylic acids is 2. The Bertz CT molecular complexity index is 782. The summed E-state index contributed by atoms with van der Waals surface area (Å²) in [4.78, 5) is 26.4. The summed E-state index contributed by atoms with van der Waals surface area (Å²) in [6, 6.07) is 9.74. The van der Waals surface area contributed by atoms with Crippen molar-refractivity contribution in [1.82, 2.24) is 10.9 Å². The number of amides is 2. The molecule has 3 rings (SSSR count). The number of rotatable bonds is 4. The van der Waals surface area contributed by atoms with E-state index in [9.17, 15) is 9.59 Å². The van der Waals surface area contributed by atoms with Crippen LogP contribution in [0.1, 0.15) is 51.0 Å². The SMILES string of the molecule is CC[C@@H]1CCc2sc(C(=O)NNC(=O)Cc3ccccc3C)cc2C1. The molecule has 2 amide bonds. The molecule has 1 atom stereocenters. The fraction of sp³-hybridized carbons (Fsp3) is 0.400. The van der Waals surface area contributed by atoms with Gasteiger partial charge in [-0.1, -0.05) is 37.6 Å². The van der Waals surface area contributed by atoms with Crippen LogP contribution in [0.5, 0.6) is 0 Å². The fourth-order valence-corrected chi connectivity index (χ4v) is 4.38. The van der Waals surface area contributed by atoms with Crippen LogP contribution in [0.4, 0.5) is 0 Å². The predicted molar refractivity (Wildman–Crippen MR) is 101 cm³/mol. The zero-order valence-corrected chi connectivity index (χ0v) is 15.5. The van der Waals surface area contributed by atoms with Crippen LogP contribution in [0.15, 0.2) is 30.3 Å². The van der Waals surface area contributed by atoms with Crippen molar-refractivity contribution < 1.29 is 9.59 Å². The Balaban J connectivity index is 1.55. The van der Waals surface area contributed by atoms with Gasteiger partial charge < -0.3 is 0 Å².